The molecule has 1 aliphatic rings. The molecule has 0 fully saturated rings. The number of rotatable bonds is 7. The molecule has 3 N–H and O–H groups in total. The van der Waals surface area contributed by atoms with Gasteiger partial charge in [0.25, 0.3) is 0 Å². The molecule has 0 spiro atoms. The summed E-state index contributed by atoms with van der Waals surface area (Å²) in [6.45, 7) is 3.14. The van der Waals surface area contributed by atoms with Crippen molar-refractivity contribution in [3.05, 3.63) is 46.3 Å². The highest BCUT2D eigenvalue weighted by atomic mass is 32.2. The topological polar surface area (TPSA) is 94.8 Å². The fourth-order valence-electron chi connectivity index (χ4n) is 3.31. The Hall–Kier alpha value is -1.70. The zero-order chi connectivity index (χ0) is 19.5. The second kappa shape index (κ2) is 8.33. The Kier molecular flexibility index (Phi) is 6.60. The molecule has 1 aromatic rings. The molecule has 0 saturated heterocycles. The number of phenolic OH excluding ortho intramolecular Hbond substituents is 1. The number of sulfone groups is 1. The van der Waals surface area contributed by atoms with Crippen molar-refractivity contribution in [3.8, 4) is 5.75 Å². The largest absolute Gasteiger partial charge is 0.505 e. The highest BCUT2D eigenvalue weighted by Crippen LogP contribution is 2.33. The average molecular weight is 384 g/mol. The van der Waals surface area contributed by atoms with E-state index < -0.39 is 39.4 Å². The summed E-state index contributed by atoms with van der Waals surface area (Å²) in [4.78, 5) is 0. The second-order valence-electron chi connectivity index (χ2n) is 6.65. The maximum absolute atomic E-state index is 13.4. The number of aliphatic hydroxyl groups excluding tert-OH is 2. The van der Waals surface area contributed by atoms with Crippen LogP contribution in [0.4, 0.5) is 4.39 Å². The van der Waals surface area contributed by atoms with Crippen molar-refractivity contribution in [3.63, 3.8) is 0 Å². The fourth-order valence-corrected chi connectivity index (χ4v) is 5.30. The minimum absolute atomic E-state index is 0.108. The van der Waals surface area contributed by atoms with E-state index in [0.717, 1.165) is 5.57 Å². The Morgan fingerprint density at radius 1 is 1.42 bits per heavy atom. The van der Waals surface area contributed by atoms with Crippen LogP contribution in [0.3, 0.4) is 0 Å². The van der Waals surface area contributed by atoms with Crippen molar-refractivity contribution in [2.45, 2.75) is 44.5 Å². The van der Waals surface area contributed by atoms with E-state index in [0.29, 0.717) is 36.0 Å². The Morgan fingerprint density at radius 2 is 2.12 bits per heavy atom. The molecule has 0 radical (unpaired) electrons. The monoisotopic (exact) mass is 384 g/mol. The standard InChI is InChI=1S/C19H25FO5S/c1-3-14-11-26(24,25)18(10-21)19(14)17(23)6-4-12(2)8-13-5-7-16(22)15(20)9-13/h5,7-9,17-18,21-23H,3-4,6,10-11H2,1-2H3/b12-8+/t17-,18+/m1/s1. The quantitative estimate of drug-likeness (QED) is 0.628. The Balaban J connectivity index is 2.10. The van der Waals surface area contributed by atoms with Crippen molar-refractivity contribution >= 4 is 15.9 Å². The van der Waals surface area contributed by atoms with Crippen LogP contribution in [0.15, 0.2) is 34.9 Å². The van der Waals surface area contributed by atoms with E-state index in [1.165, 1.54) is 12.1 Å². The summed E-state index contributed by atoms with van der Waals surface area (Å²) in [7, 11) is -3.45. The van der Waals surface area contributed by atoms with E-state index in [2.05, 4.69) is 0 Å². The van der Waals surface area contributed by atoms with Crippen molar-refractivity contribution in [1.29, 1.82) is 0 Å². The molecule has 1 aliphatic heterocycles. The minimum Gasteiger partial charge on any atom is -0.505 e. The van der Waals surface area contributed by atoms with Crippen molar-refractivity contribution in [2.24, 2.45) is 0 Å². The summed E-state index contributed by atoms with van der Waals surface area (Å²) >= 11 is 0. The van der Waals surface area contributed by atoms with Crippen molar-refractivity contribution in [2.75, 3.05) is 12.4 Å². The van der Waals surface area contributed by atoms with Gasteiger partial charge in [0.15, 0.2) is 21.4 Å². The molecule has 144 valence electrons. The molecule has 1 heterocycles. The van der Waals surface area contributed by atoms with Crippen LogP contribution in [0.5, 0.6) is 5.75 Å². The highest BCUT2D eigenvalue weighted by Gasteiger charge is 2.40. The molecule has 7 heteroatoms. The molecule has 0 amide bonds. The van der Waals surface area contributed by atoms with Gasteiger partial charge in [-0.3, -0.25) is 0 Å². The van der Waals surface area contributed by atoms with Crippen LogP contribution in [0, 0.1) is 5.82 Å². The lowest BCUT2D eigenvalue weighted by atomic mass is 9.94. The number of allylic oxidation sites excluding steroid dienone is 1. The van der Waals surface area contributed by atoms with Crippen LogP contribution in [0.25, 0.3) is 6.08 Å². The van der Waals surface area contributed by atoms with Gasteiger partial charge in [-0.2, -0.15) is 0 Å². The number of benzene rings is 1. The van der Waals surface area contributed by atoms with Gasteiger partial charge in [0.2, 0.25) is 0 Å². The molecule has 0 aromatic heterocycles. The smallest absolute Gasteiger partial charge is 0.165 e. The number of hydrogen-bond acceptors (Lipinski definition) is 5. The maximum Gasteiger partial charge on any atom is 0.165 e. The molecule has 0 saturated carbocycles. The molecule has 1 aromatic carbocycles. The predicted molar refractivity (Wildman–Crippen MR) is 98.9 cm³/mol. The van der Waals surface area contributed by atoms with Gasteiger partial charge >= 0.3 is 0 Å². The van der Waals surface area contributed by atoms with Gasteiger partial charge in [-0.1, -0.05) is 30.2 Å². The molecule has 0 aliphatic carbocycles. The van der Waals surface area contributed by atoms with E-state index in [1.54, 1.807) is 12.1 Å². The summed E-state index contributed by atoms with van der Waals surface area (Å²) in [5, 5.41) is 28.2. The van der Waals surface area contributed by atoms with Crippen LogP contribution in [-0.4, -0.2) is 47.5 Å². The van der Waals surface area contributed by atoms with E-state index in [1.807, 2.05) is 13.8 Å². The molecule has 2 atom stereocenters. The number of hydrogen-bond donors (Lipinski definition) is 3. The van der Waals surface area contributed by atoms with E-state index in [4.69, 9.17) is 0 Å². The Morgan fingerprint density at radius 3 is 2.69 bits per heavy atom. The summed E-state index contributed by atoms with van der Waals surface area (Å²) < 4.78 is 37.7. The lowest BCUT2D eigenvalue weighted by Crippen LogP contribution is -2.29. The first-order valence-electron chi connectivity index (χ1n) is 8.57. The number of aromatic hydroxyl groups is 1. The molecule has 0 bridgehead atoms. The summed E-state index contributed by atoms with van der Waals surface area (Å²) in [5.41, 5.74) is 2.59. The maximum atomic E-state index is 13.4. The Bertz CT molecular complexity index is 826. The molecule has 0 unspecified atom stereocenters. The van der Waals surface area contributed by atoms with Crippen LogP contribution < -0.4 is 0 Å². The first-order valence-corrected chi connectivity index (χ1v) is 10.3. The van der Waals surface area contributed by atoms with E-state index in [-0.39, 0.29) is 5.75 Å². The molecular formula is C19H25FO5S. The van der Waals surface area contributed by atoms with Crippen LogP contribution >= 0.6 is 0 Å². The highest BCUT2D eigenvalue weighted by molar-refractivity contribution is 7.92. The molecule has 2 rings (SSSR count). The summed E-state index contributed by atoms with van der Waals surface area (Å²) in [6.07, 6.45) is 2.12. The van der Waals surface area contributed by atoms with Gasteiger partial charge in [0.05, 0.1) is 18.5 Å². The normalized spacial score (nSPS) is 21.3. The van der Waals surface area contributed by atoms with Crippen molar-refractivity contribution < 1.29 is 28.1 Å². The molecule has 5 nitrogen and oxygen atoms in total. The van der Waals surface area contributed by atoms with Gasteiger partial charge in [0.1, 0.15) is 5.25 Å². The van der Waals surface area contributed by atoms with Gasteiger partial charge in [-0.05, 0) is 49.5 Å². The third-order valence-electron chi connectivity index (χ3n) is 4.71. The number of aliphatic hydroxyl groups is 2. The zero-order valence-electron chi connectivity index (χ0n) is 14.9. The van der Waals surface area contributed by atoms with E-state index >= 15 is 0 Å². The van der Waals surface area contributed by atoms with Crippen molar-refractivity contribution in [1.82, 2.24) is 0 Å². The van der Waals surface area contributed by atoms with Gasteiger partial charge in [-0.15, -0.1) is 0 Å². The fraction of sp³-hybridized carbons (Fsp3) is 0.474. The third-order valence-corrected chi connectivity index (χ3v) is 6.73. The van der Waals surface area contributed by atoms with Gasteiger partial charge in [0, 0.05) is 0 Å². The second-order valence-corrected chi connectivity index (χ2v) is 8.83. The zero-order valence-corrected chi connectivity index (χ0v) is 15.8. The molecular weight excluding hydrogens is 359 g/mol. The average Bonchev–Trinajstić information content (AvgIpc) is 2.85. The lowest BCUT2D eigenvalue weighted by Gasteiger charge is -2.19. The minimum atomic E-state index is -3.45. The third kappa shape index (κ3) is 4.52. The summed E-state index contributed by atoms with van der Waals surface area (Å²) in [6, 6.07) is 4.08. The van der Waals surface area contributed by atoms with Crippen LogP contribution in [0.1, 0.15) is 38.7 Å². The number of halogens is 1. The first-order chi connectivity index (χ1) is 12.2. The predicted octanol–water partition coefficient (Wildman–Crippen LogP) is 2.57. The SMILES string of the molecule is CCC1=C([C@H](O)CC/C(C)=C/c2ccc(O)c(F)c2)[C@H](CO)S(=O)(=O)C1. The lowest BCUT2D eigenvalue weighted by molar-refractivity contribution is 0.188. The van der Waals surface area contributed by atoms with Gasteiger partial charge in [-0.25, -0.2) is 12.8 Å². The van der Waals surface area contributed by atoms with Gasteiger partial charge < -0.3 is 15.3 Å². The first kappa shape index (κ1) is 20.6. The summed E-state index contributed by atoms with van der Waals surface area (Å²) in [5.74, 6) is -1.22. The van der Waals surface area contributed by atoms with E-state index in [9.17, 15) is 28.1 Å². The Labute approximate surface area is 153 Å². The molecule has 26 heavy (non-hydrogen) atoms. The number of phenols is 1. The van der Waals surface area contributed by atoms with Crippen LogP contribution in [0.2, 0.25) is 0 Å². The van der Waals surface area contributed by atoms with Crippen LogP contribution in [-0.2, 0) is 9.84 Å².